The Balaban J connectivity index is 1.87. The van der Waals surface area contributed by atoms with Crippen LogP contribution >= 0.6 is 0 Å². The third-order valence-corrected chi connectivity index (χ3v) is 4.99. The molecule has 2 N–H and O–H groups in total. The Kier molecular flexibility index (Phi) is 11.4. The molecule has 0 aliphatic heterocycles. The summed E-state index contributed by atoms with van der Waals surface area (Å²) in [5.41, 5.74) is 2.25. The van der Waals surface area contributed by atoms with Crippen LogP contribution in [0.4, 0.5) is 0 Å². The second kappa shape index (κ2) is 14.5. The van der Waals surface area contributed by atoms with Crippen molar-refractivity contribution in [3.8, 4) is 23.8 Å². The molecular formula is C29H32O8. The monoisotopic (exact) mass is 508 g/mol. The number of esters is 2. The fourth-order valence-corrected chi connectivity index (χ4v) is 2.97. The normalized spacial score (nSPS) is 12.8. The number of carbonyl (C=O) groups excluding carboxylic acids is 2. The maximum absolute atomic E-state index is 11.4. The molecule has 2 atom stereocenters. The topological polar surface area (TPSA) is 112 Å². The van der Waals surface area contributed by atoms with Crippen molar-refractivity contribution in [3.63, 3.8) is 0 Å². The summed E-state index contributed by atoms with van der Waals surface area (Å²) in [6.45, 7) is 9.54. The van der Waals surface area contributed by atoms with Crippen molar-refractivity contribution in [3.05, 3.63) is 84.0 Å². The Morgan fingerprint density at radius 3 is 1.41 bits per heavy atom. The van der Waals surface area contributed by atoms with E-state index in [0.29, 0.717) is 11.5 Å². The van der Waals surface area contributed by atoms with E-state index in [9.17, 15) is 19.8 Å². The summed E-state index contributed by atoms with van der Waals surface area (Å²) < 4.78 is 20.9. The summed E-state index contributed by atoms with van der Waals surface area (Å²) in [4.78, 5) is 22.8. The van der Waals surface area contributed by atoms with E-state index in [0.717, 1.165) is 11.1 Å². The van der Waals surface area contributed by atoms with Crippen molar-refractivity contribution in [2.24, 2.45) is 0 Å². The van der Waals surface area contributed by atoms with Crippen LogP contribution in [0.3, 0.4) is 0 Å². The predicted molar refractivity (Wildman–Crippen MR) is 138 cm³/mol. The molecule has 2 aromatic carbocycles. The number of ether oxygens (including phenoxy) is 4. The minimum atomic E-state index is -0.977. The second-order valence-corrected chi connectivity index (χ2v) is 8.42. The number of aliphatic hydroxyl groups is 2. The van der Waals surface area contributed by atoms with Gasteiger partial charge in [-0.25, -0.2) is 9.59 Å². The highest BCUT2D eigenvalue weighted by Crippen LogP contribution is 2.27. The molecule has 2 aromatic rings. The first-order valence-corrected chi connectivity index (χ1v) is 11.5. The van der Waals surface area contributed by atoms with Crippen LogP contribution in [-0.4, -0.2) is 60.8 Å². The molecule has 0 amide bonds. The molecule has 0 aliphatic carbocycles. The quantitative estimate of drug-likeness (QED) is 0.227. The molecule has 8 nitrogen and oxygen atoms in total. The number of aliphatic hydroxyl groups excluding tert-OH is 2. The highest BCUT2D eigenvalue weighted by atomic mass is 16.6. The van der Waals surface area contributed by atoms with E-state index in [-0.39, 0.29) is 43.5 Å². The van der Waals surface area contributed by atoms with E-state index < -0.39 is 24.1 Å². The van der Waals surface area contributed by atoms with Crippen LogP contribution < -0.4 is 9.47 Å². The molecule has 0 heterocycles. The summed E-state index contributed by atoms with van der Waals surface area (Å²) in [5, 5.41) is 19.8. The van der Waals surface area contributed by atoms with Gasteiger partial charge in [-0.05, 0) is 49.2 Å². The van der Waals surface area contributed by atoms with Gasteiger partial charge in [0, 0.05) is 11.1 Å². The summed E-state index contributed by atoms with van der Waals surface area (Å²) in [5.74, 6) is 2.38. The molecule has 0 saturated carbocycles. The molecule has 0 radical (unpaired) electrons. The van der Waals surface area contributed by atoms with Crippen molar-refractivity contribution < 1.29 is 38.7 Å². The molecule has 0 fully saturated rings. The number of hydrogen-bond acceptors (Lipinski definition) is 8. The molecule has 0 spiro atoms. The molecule has 37 heavy (non-hydrogen) atoms. The van der Waals surface area contributed by atoms with E-state index in [4.69, 9.17) is 25.4 Å². The summed E-state index contributed by atoms with van der Waals surface area (Å²) >= 11 is 0. The van der Waals surface area contributed by atoms with Gasteiger partial charge in [-0.1, -0.05) is 43.3 Å². The van der Waals surface area contributed by atoms with Gasteiger partial charge in [0.15, 0.2) is 0 Å². The van der Waals surface area contributed by atoms with Crippen molar-refractivity contribution in [1.29, 1.82) is 0 Å². The first-order chi connectivity index (χ1) is 17.6. The highest BCUT2D eigenvalue weighted by Gasteiger charge is 2.14. The lowest BCUT2D eigenvalue weighted by molar-refractivity contribution is -0.143. The van der Waals surface area contributed by atoms with Crippen LogP contribution in [0.25, 0.3) is 0 Å². The largest absolute Gasteiger partial charge is 0.491 e. The van der Waals surface area contributed by atoms with Crippen molar-refractivity contribution in [1.82, 2.24) is 0 Å². The van der Waals surface area contributed by atoms with Gasteiger partial charge in [-0.3, -0.25) is 0 Å². The standard InChI is InChI=1S/C29H32O8/c1-6-27(21-7-11-25(12-8-21)34-15-23(30)17-36-28(32)19(2)3)22-9-13-26(14-10-22)35-16-24(31)18-37-29(33)20(4)5/h1,7-14,23-24,27,30-31H,2,4,15-18H2,3,5H3. The van der Waals surface area contributed by atoms with Crippen LogP contribution in [0.1, 0.15) is 30.9 Å². The average Bonchev–Trinajstić information content (AvgIpc) is 2.89. The zero-order valence-corrected chi connectivity index (χ0v) is 21.0. The Bertz CT molecular complexity index is 1030. The summed E-state index contributed by atoms with van der Waals surface area (Å²) in [6, 6.07) is 14.3. The molecular weight excluding hydrogens is 476 g/mol. The number of rotatable bonds is 14. The lowest BCUT2D eigenvalue weighted by Crippen LogP contribution is -2.25. The Morgan fingerprint density at radius 2 is 1.11 bits per heavy atom. The van der Waals surface area contributed by atoms with Crippen LogP contribution in [0.2, 0.25) is 0 Å². The van der Waals surface area contributed by atoms with Gasteiger partial charge in [-0.15, -0.1) is 6.42 Å². The van der Waals surface area contributed by atoms with E-state index in [1.165, 1.54) is 13.8 Å². The molecule has 8 heteroatoms. The van der Waals surface area contributed by atoms with Crippen molar-refractivity contribution >= 4 is 11.9 Å². The Morgan fingerprint density at radius 1 is 0.757 bits per heavy atom. The lowest BCUT2D eigenvalue weighted by Gasteiger charge is -2.16. The summed E-state index contributed by atoms with van der Waals surface area (Å²) in [7, 11) is 0. The average molecular weight is 509 g/mol. The fraction of sp³-hybridized carbons (Fsp3) is 0.310. The maximum Gasteiger partial charge on any atom is 0.333 e. The second-order valence-electron chi connectivity index (χ2n) is 8.42. The molecule has 196 valence electrons. The van der Waals surface area contributed by atoms with E-state index in [2.05, 4.69) is 19.1 Å². The number of terminal acetylenes is 1. The van der Waals surface area contributed by atoms with Crippen molar-refractivity contribution in [2.75, 3.05) is 26.4 Å². The van der Waals surface area contributed by atoms with E-state index in [1.54, 1.807) is 24.3 Å². The van der Waals surface area contributed by atoms with Gasteiger partial charge in [-0.2, -0.15) is 0 Å². The van der Waals surface area contributed by atoms with Gasteiger partial charge >= 0.3 is 11.9 Å². The SMILES string of the molecule is C#CC(c1ccc(OCC(O)COC(=O)C(=C)C)cc1)c1ccc(OCC(O)COC(=O)C(=C)C)cc1. The molecule has 2 unspecified atom stereocenters. The first-order valence-electron chi connectivity index (χ1n) is 11.5. The fourth-order valence-electron chi connectivity index (χ4n) is 2.97. The molecule has 0 aliphatic rings. The van der Waals surface area contributed by atoms with Gasteiger partial charge in [0.25, 0.3) is 0 Å². The predicted octanol–water partition coefficient (Wildman–Crippen LogP) is 3.17. The van der Waals surface area contributed by atoms with E-state index in [1.807, 2.05) is 24.3 Å². The minimum absolute atomic E-state index is 0.0477. The molecule has 0 aromatic heterocycles. The van der Waals surface area contributed by atoms with Crippen LogP contribution in [0, 0.1) is 12.3 Å². The lowest BCUT2D eigenvalue weighted by atomic mass is 9.92. The van der Waals surface area contributed by atoms with Gasteiger partial charge in [0.1, 0.15) is 50.1 Å². The third kappa shape index (κ3) is 9.84. The highest BCUT2D eigenvalue weighted by molar-refractivity contribution is 5.87. The third-order valence-electron chi connectivity index (χ3n) is 4.99. The maximum atomic E-state index is 11.4. The zero-order chi connectivity index (χ0) is 27.4. The van der Waals surface area contributed by atoms with Crippen molar-refractivity contribution in [2.45, 2.75) is 32.0 Å². The van der Waals surface area contributed by atoms with Crippen LogP contribution in [0.15, 0.2) is 72.8 Å². The zero-order valence-electron chi connectivity index (χ0n) is 21.0. The Labute approximate surface area is 217 Å². The summed E-state index contributed by atoms with van der Waals surface area (Å²) in [6.07, 6.45) is 3.84. The van der Waals surface area contributed by atoms with Crippen LogP contribution in [0.5, 0.6) is 11.5 Å². The van der Waals surface area contributed by atoms with Gasteiger partial charge in [0.2, 0.25) is 0 Å². The number of hydrogen-bond donors (Lipinski definition) is 2. The number of benzene rings is 2. The Hall–Kier alpha value is -4.06. The molecule has 2 rings (SSSR count). The first kappa shape index (κ1) is 29.2. The molecule has 0 saturated heterocycles. The molecule has 0 bridgehead atoms. The minimum Gasteiger partial charge on any atom is -0.491 e. The number of carbonyl (C=O) groups is 2. The smallest absolute Gasteiger partial charge is 0.333 e. The van der Waals surface area contributed by atoms with Gasteiger partial charge < -0.3 is 29.2 Å². The van der Waals surface area contributed by atoms with Gasteiger partial charge in [0.05, 0.1) is 5.92 Å². The van der Waals surface area contributed by atoms with E-state index >= 15 is 0 Å². The van der Waals surface area contributed by atoms with Crippen LogP contribution in [-0.2, 0) is 19.1 Å².